The third-order valence-corrected chi connectivity index (χ3v) is 2.41. The summed E-state index contributed by atoms with van der Waals surface area (Å²) >= 11 is 0. The smallest absolute Gasteiger partial charge is 0.132 e. The van der Waals surface area contributed by atoms with Crippen LogP contribution < -0.4 is 16.0 Å². The zero-order valence-corrected chi connectivity index (χ0v) is 10.0. The van der Waals surface area contributed by atoms with Gasteiger partial charge >= 0.3 is 0 Å². The molecule has 0 atom stereocenters. The second-order valence-corrected chi connectivity index (χ2v) is 4.02. The Labute approximate surface area is 101 Å². The Kier molecular flexibility index (Phi) is 3.14. The van der Waals surface area contributed by atoms with Crippen molar-refractivity contribution in [2.45, 2.75) is 0 Å². The number of rotatable bonds is 3. The molecular formula is C13H16N4. The number of hydrogen-bond donors (Lipinski definition) is 2. The van der Waals surface area contributed by atoms with Crippen molar-refractivity contribution in [3.8, 4) is 0 Å². The Hall–Kier alpha value is -2.23. The summed E-state index contributed by atoms with van der Waals surface area (Å²) in [6, 6.07) is 13.6. The van der Waals surface area contributed by atoms with Gasteiger partial charge in [0.05, 0.1) is 0 Å². The van der Waals surface area contributed by atoms with Gasteiger partial charge in [0.1, 0.15) is 11.6 Å². The molecular weight excluding hydrogens is 212 g/mol. The number of aromatic nitrogens is 1. The number of nitrogens with two attached hydrogens (primary N) is 1. The van der Waals surface area contributed by atoms with E-state index in [0.29, 0.717) is 5.82 Å². The van der Waals surface area contributed by atoms with E-state index in [9.17, 15) is 0 Å². The molecule has 88 valence electrons. The summed E-state index contributed by atoms with van der Waals surface area (Å²) in [7, 11) is 4.02. The van der Waals surface area contributed by atoms with Gasteiger partial charge in [-0.1, -0.05) is 12.1 Å². The van der Waals surface area contributed by atoms with Gasteiger partial charge in [0.25, 0.3) is 0 Å². The fourth-order valence-electron chi connectivity index (χ4n) is 1.53. The highest BCUT2D eigenvalue weighted by Crippen LogP contribution is 2.20. The van der Waals surface area contributed by atoms with Crippen LogP contribution in [-0.2, 0) is 0 Å². The van der Waals surface area contributed by atoms with E-state index in [0.717, 1.165) is 17.2 Å². The van der Waals surface area contributed by atoms with E-state index in [-0.39, 0.29) is 0 Å². The first kappa shape index (κ1) is 11.3. The molecule has 0 amide bonds. The van der Waals surface area contributed by atoms with Gasteiger partial charge in [0.2, 0.25) is 0 Å². The van der Waals surface area contributed by atoms with Crippen molar-refractivity contribution in [1.29, 1.82) is 0 Å². The molecule has 17 heavy (non-hydrogen) atoms. The first-order valence-electron chi connectivity index (χ1n) is 5.42. The molecule has 1 aromatic carbocycles. The summed E-state index contributed by atoms with van der Waals surface area (Å²) in [5.74, 6) is 1.26. The molecule has 4 nitrogen and oxygen atoms in total. The third kappa shape index (κ3) is 2.87. The van der Waals surface area contributed by atoms with Crippen molar-refractivity contribution >= 4 is 23.0 Å². The van der Waals surface area contributed by atoms with Gasteiger partial charge in [-0.3, -0.25) is 0 Å². The zero-order valence-electron chi connectivity index (χ0n) is 10.0. The van der Waals surface area contributed by atoms with Crippen LogP contribution in [0.1, 0.15) is 0 Å². The van der Waals surface area contributed by atoms with Crippen molar-refractivity contribution in [2.75, 3.05) is 30.0 Å². The van der Waals surface area contributed by atoms with Gasteiger partial charge in [-0.05, 0) is 30.3 Å². The third-order valence-electron chi connectivity index (χ3n) is 2.41. The molecule has 0 unspecified atom stereocenters. The zero-order chi connectivity index (χ0) is 12.3. The fourth-order valence-corrected chi connectivity index (χ4v) is 1.53. The largest absolute Gasteiger partial charge is 0.384 e. The fraction of sp³-hybridized carbons (Fsp3) is 0.154. The van der Waals surface area contributed by atoms with E-state index in [1.54, 1.807) is 6.07 Å². The van der Waals surface area contributed by atoms with Crippen LogP contribution in [0.2, 0.25) is 0 Å². The van der Waals surface area contributed by atoms with Gasteiger partial charge in [-0.25, -0.2) is 4.98 Å². The summed E-state index contributed by atoms with van der Waals surface area (Å²) in [5.41, 5.74) is 7.76. The van der Waals surface area contributed by atoms with Gasteiger partial charge in [0.15, 0.2) is 0 Å². The molecule has 0 radical (unpaired) electrons. The predicted octanol–water partition coefficient (Wildman–Crippen LogP) is 2.47. The number of nitrogens with zero attached hydrogens (tertiary/aromatic N) is 2. The molecule has 0 fully saturated rings. The second-order valence-electron chi connectivity index (χ2n) is 4.02. The van der Waals surface area contributed by atoms with Crippen molar-refractivity contribution in [1.82, 2.24) is 4.98 Å². The summed E-state index contributed by atoms with van der Waals surface area (Å²) in [6.45, 7) is 0. The molecule has 0 spiro atoms. The van der Waals surface area contributed by atoms with Crippen LogP contribution in [0.25, 0.3) is 0 Å². The molecule has 0 aliphatic heterocycles. The lowest BCUT2D eigenvalue weighted by Gasteiger charge is -2.14. The van der Waals surface area contributed by atoms with Crippen LogP contribution in [0.15, 0.2) is 42.5 Å². The second kappa shape index (κ2) is 4.74. The molecule has 0 aliphatic carbocycles. The Bertz CT molecular complexity index is 508. The highest BCUT2D eigenvalue weighted by molar-refractivity contribution is 5.63. The van der Waals surface area contributed by atoms with E-state index in [1.165, 1.54) is 0 Å². The molecule has 2 rings (SSSR count). The Balaban J connectivity index is 2.21. The van der Waals surface area contributed by atoms with Crippen molar-refractivity contribution in [3.63, 3.8) is 0 Å². The van der Waals surface area contributed by atoms with E-state index < -0.39 is 0 Å². The van der Waals surface area contributed by atoms with Crippen LogP contribution in [-0.4, -0.2) is 19.1 Å². The minimum Gasteiger partial charge on any atom is -0.384 e. The summed E-state index contributed by atoms with van der Waals surface area (Å²) in [4.78, 5) is 6.25. The number of nitrogens with one attached hydrogen (secondary N) is 1. The maximum atomic E-state index is 5.63. The lowest BCUT2D eigenvalue weighted by molar-refractivity contribution is 1.13. The summed E-state index contributed by atoms with van der Waals surface area (Å²) in [5, 5.41) is 3.22. The van der Waals surface area contributed by atoms with E-state index in [2.05, 4.69) is 27.3 Å². The van der Waals surface area contributed by atoms with Crippen molar-refractivity contribution in [2.24, 2.45) is 0 Å². The topological polar surface area (TPSA) is 54.2 Å². The molecule has 0 aliphatic rings. The van der Waals surface area contributed by atoms with Crippen molar-refractivity contribution in [3.05, 3.63) is 42.5 Å². The number of benzene rings is 1. The normalized spacial score (nSPS) is 10.0. The highest BCUT2D eigenvalue weighted by Gasteiger charge is 1.99. The van der Waals surface area contributed by atoms with Crippen LogP contribution >= 0.6 is 0 Å². The van der Waals surface area contributed by atoms with E-state index in [4.69, 9.17) is 5.73 Å². The highest BCUT2D eigenvalue weighted by atomic mass is 15.1. The average molecular weight is 228 g/mol. The lowest BCUT2D eigenvalue weighted by atomic mass is 10.2. The van der Waals surface area contributed by atoms with Crippen LogP contribution in [0.3, 0.4) is 0 Å². The van der Waals surface area contributed by atoms with Crippen LogP contribution in [0.4, 0.5) is 23.0 Å². The predicted molar refractivity (Wildman–Crippen MR) is 72.7 cm³/mol. The number of pyridine rings is 1. The van der Waals surface area contributed by atoms with Gasteiger partial charge in [-0.2, -0.15) is 0 Å². The molecule has 2 aromatic rings. The lowest BCUT2D eigenvalue weighted by Crippen LogP contribution is -2.08. The molecule has 1 aromatic heterocycles. The first-order valence-corrected chi connectivity index (χ1v) is 5.42. The average Bonchev–Trinajstić information content (AvgIpc) is 2.29. The quantitative estimate of drug-likeness (QED) is 0.847. The Morgan fingerprint density at radius 2 is 1.88 bits per heavy atom. The number of anilines is 4. The van der Waals surface area contributed by atoms with Gasteiger partial charge < -0.3 is 16.0 Å². The molecule has 3 N–H and O–H groups in total. The Morgan fingerprint density at radius 3 is 2.59 bits per heavy atom. The molecule has 4 heteroatoms. The Morgan fingerprint density at radius 1 is 1.12 bits per heavy atom. The van der Waals surface area contributed by atoms with Crippen LogP contribution in [0, 0.1) is 0 Å². The van der Waals surface area contributed by atoms with Crippen LogP contribution in [0.5, 0.6) is 0 Å². The molecule has 1 heterocycles. The standard InChI is InChI=1S/C13H16N4/c1-17(2)11-6-3-5-10(9-11)15-13-8-4-7-12(14)16-13/h3-9H,1-2H3,(H3,14,15,16). The minimum absolute atomic E-state index is 0.513. The maximum Gasteiger partial charge on any atom is 0.132 e. The molecule has 0 saturated heterocycles. The number of hydrogen-bond acceptors (Lipinski definition) is 4. The minimum atomic E-state index is 0.513. The molecule has 0 saturated carbocycles. The SMILES string of the molecule is CN(C)c1cccc(Nc2cccc(N)n2)c1. The first-order chi connectivity index (χ1) is 8.15. The summed E-state index contributed by atoms with van der Waals surface area (Å²) < 4.78 is 0. The monoisotopic (exact) mass is 228 g/mol. The summed E-state index contributed by atoms with van der Waals surface area (Å²) in [6.07, 6.45) is 0. The maximum absolute atomic E-state index is 5.63. The number of nitrogen functional groups attached to an aromatic ring is 1. The molecule has 0 bridgehead atoms. The van der Waals surface area contributed by atoms with E-state index in [1.807, 2.05) is 38.4 Å². The van der Waals surface area contributed by atoms with Gasteiger partial charge in [-0.15, -0.1) is 0 Å². The van der Waals surface area contributed by atoms with E-state index >= 15 is 0 Å². The van der Waals surface area contributed by atoms with Gasteiger partial charge in [0, 0.05) is 25.5 Å². The van der Waals surface area contributed by atoms with Crippen molar-refractivity contribution < 1.29 is 0 Å².